The topological polar surface area (TPSA) is 116 Å². The fourth-order valence-electron chi connectivity index (χ4n) is 2.18. The van der Waals surface area contributed by atoms with Gasteiger partial charge in [-0.1, -0.05) is 6.92 Å². The second kappa shape index (κ2) is 6.18. The summed E-state index contributed by atoms with van der Waals surface area (Å²) < 4.78 is 0. The lowest BCUT2D eigenvalue weighted by Crippen LogP contribution is -2.24. The molecule has 0 atom stereocenters. The molecule has 0 aliphatic heterocycles. The monoisotopic (exact) mass is 282 g/mol. The van der Waals surface area contributed by atoms with Gasteiger partial charge in [-0.3, -0.25) is 20.2 Å². The van der Waals surface area contributed by atoms with Crippen molar-refractivity contribution in [3.05, 3.63) is 31.9 Å². The average Bonchev–Trinajstić information content (AvgIpc) is 2.39. The molecule has 2 N–H and O–H groups in total. The molecule has 0 saturated heterocycles. The second-order valence-electron chi connectivity index (χ2n) is 4.21. The third-order valence-electron chi connectivity index (χ3n) is 3.22. The zero-order valence-electron chi connectivity index (χ0n) is 11.8. The highest BCUT2D eigenvalue weighted by Gasteiger charge is 2.33. The number of nitro benzene ring substituents is 2. The predicted molar refractivity (Wildman–Crippen MR) is 77.1 cm³/mol. The van der Waals surface area contributed by atoms with Gasteiger partial charge in [-0.15, -0.1) is 0 Å². The summed E-state index contributed by atoms with van der Waals surface area (Å²) in [5, 5.41) is 22.5. The summed E-state index contributed by atoms with van der Waals surface area (Å²) in [6.45, 7) is 6.14. The molecular weight excluding hydrogens is 264 g/mol. The summed E-state index contributed by atoms with van der Waals surface area (Å²) in [6, 6.07) is 1.33. The van der Waals surface area contributed by atoms with Crippen molar-refractivity contribution in [2.75, 3.05) is 23.7 Å². The van der Waals surface area contributed by atoms with Crippen LogP contribution in [-0.4, -0.2) is 22.9 Å². The van der Waals surface area contributed by atoms with Gasteiger partial charge >= 0.3 is 5.69 Å². The molecule has 0 fully saturated rings. The van der Waals surface area contributed by atoms with Crippen LogP contribution in [0.3, 0.4) is 0 Å². The number of nitrogen functional groups attached to an aromatic ring is 1. The molecule has 0 amide bonds. The number of nitrogens with zero attached hydrogens (tertiary/aromatic N) is 3. The van der Waals surface area contributed by atoms with Crippen molar-refractivity contribution in [2.24, 2.45) is 0 Å². The molecule has 1 aromatic carbocycles. The average molecular weight is 282 g/mol. The smallest absolute Gasteiger partial charge is 0.322 e. The molecule has 20 heavy (non-hydrogen) atoms. The van der Waals surface area contributed by atoms with Crippen LogP contribution in [0, 0.1) is 20.2 Å². The lowest BCUT2D eigenvalue weighted by atomic mass is 10.0. The second-order valence-corrected chi connectivity index (χ2v) is 4.21. The maximum absolute atomic E-state index is 11.3. The van der Waals surface area contributed by atoms with Crippen LogP contribution in [0.25, 0.3) is 0 Å². The summed E-state index contributed by atoms with van der Waals surface area (Å²) in [6.07, 6.45) is 0.395. The van der Waals surface area contributed by atoms with E-state index in [4.69, 9.17) is 5.73 Å². The molecule has 0 heterocycles. The first kappa shape index (κ1) is 15.7. The number of aryl methyl sites for hydroxylation is 1. The Morgan fingerprint density at radius 1 is 1.15 bits per heavy atom. The Labute approximate surface area is 116 Å². The van der Waals surface area contributed by atoms with Gasteiger partial charge < -0.3 is 10.6 Å². The highest BCUT2D eigenvalue weighted by atomic mass is 16.6. The SMILES string of the molecule is CCc1cc([N+](=O)[O-])c(N(CC)CC)c([N+](=O)[O-])c1N. The van der Waals surface area contributed by atoms with Crippen molar-refractivity contribution >= 4 is 22.7 Å². The minimum absolute atomic E-state index is 0.00463. The van der Waals surface area contributed by atoms with E-state index < -0.39 is 9.85 Å². The van der Waals surface area contributed by atoms with E-state index in [9.17, 15) is 20.2 Å². The Morgan fingerprint density at radius 3 is 2.05 bits per heavy atom. The maximum Gasteiger partial charge on any atom is 0.322 e. The van der Waals surface area contributed by atoms with Gasteiger partial charge in [0, 0.05) is 19.2 Å². The molecular formula is C12H18N4O4. The Balaban J connectivity index is 3.79. The molecule has 0 aliphatic rings. The predicted octanol–water partition coefficient (Wildman–Crippen LogP) is 2.49. The summed E-state index contributed by atoms with van der Waals surface area (Å²) >= 11 is 0. The molecule has 0 spiro atoms. The zero-order valence-corrected chi connectivity index (χ0v) is 11.8. The van der Waals surface area contributed by atoms with Gasteiger partial charge in [0.2, 0.25) is 0 Å². The number of nitro groups is 2. The van der Waals surface area contributed by atoms with Crippen molar-refractivity contribution in [3.8, 4) is 0 Å². The number of nitrogens with two attached hydrogens (primary N) is 1. The maximum atomic E-state index is 11.3. The zero-order chi connectivity index (χ0) is 15.4. The van der Waals surface area contributed by atoms with Crippen LogP contribution in [-0.2, 0) is 6.42 Å². The minimum atomic E-state index is -0.644. The lowest BCUT2D eigenvalue weighted by molar-refractivity contribution is -0.392. The first-order valence-corrected chi connectivity index (χ1v) is 6.37. The lowest BCUT2D eigenvalue weighted by Gasteiger charge is -2.21. The number of hydrogen-bond donors (Lipinski definition) is 1. The fourth-order valence-corrected chi connectivity index (χ4v) is 2.18. The standard InChI is InChI=1S/C12H18N4O4/c1-4-8-7-9(15(17)18)11(14(5-2)6-3)12(10(8)13)16(19)20/h7H,4-6,13H2,1-3H3. The number of hydrogen-bond acceptors (Lipinski definition) is 6. The molecule has 0 radical (unpaired) electrons. The van der Waals surface area contributed by atoms with E-state index in [-0.39, 0.29) is 22.7 Å². The van der Waals surface area contributed by atoms with Crippen molar-refractivity contribution in [1.29, 1.82) is 0 Å². The highest BCUT2D eigenvalue weighted by molar-refractivity contribution is 5.85. The van der Waals surface area contributed by atoms with Gasteiger partial charge in [-0.05, 0) is 25.8 Å². The van der Waals surface area contributed by atoms with E-state index in [0.29, 0.717) is 25.1 Å². The third kappa shape index (κ3) is 2.63. The van der Waals surface area contributed by atoms with Crippen LogP contribution in [0.5, 0.6) is 0 Å². The third-order valence-corrected chi connectivity index (χ3v) is 3.22. The van der Waals surface area contributed by atoms with E-state index >= 15 is 0 Å². The largest absolute Gasteiger partial charge is 0.393 e. The van der Waals surface area contributed by atoms with E-state index in [2.05, 4.69) is 0 Å². The number of benzene rings is 1. The first-order valence-electron chi connectivity index (χ1n) is 6.37. The van der Waals surface area contributed by atoms with Gasteiger partial charge in [-0.2, -0.15) is 0 Å². The van der Waals surface area contributed by atoms with E-state index in [1.807, 2.05) is 0 Å². The van der Waals surface area contributed by atoms with Gasteiger partial charge in [0.25, 0.3) is 5.69 Å². The number of rotatable bonds is 6. The molecule has 1 rings (SSSR count). The van der Waals surface area contributed by atoms with Crippen LogP contribution in [0.15, 0.2) is 6.07 Å². The Kier molecular flexibility index (Phi) is 4.84. The molecule has 8 nitrogen and oxygen atoms in total. The Bertz CT molecular complexity index is 541. The Morgan fingerprint density at radius 2 is 1.70 bits per heavy atom. The van der Waals surface area contributed by atoms with Gasteiger partial charge in [0.15, 0.2) is 5.69 Å². The quantitative estimate of drug-likeness (QED) is 0.487. The molecule has 110 valence electrons. The summed E-state index contributed by atoms with van der Waals surface area (Å²) in [5.74, 6) is 0. The van der Waals surface area contributed by atoms with Crippen molar-refractivity contribution in [1.82, 2.24) is 0 Å². The Hall–Kier alpha value is -2.38. The van der Waals surface area contributed by atoms with Crippen LogP contribution in [0.2, 0.25) is 0 Å². The molecule has 0 saturated carbocycles. The first-order chi connectivity index (χ1) is 9.38. The fraction of sp³-hybridized carbons (Fsp3) is 0.500. The summed E-state index contributed by atoms with van der Waals surface area (Å²) in [5.41, 5.74) is 5.58. The van der Waals surface area contributed by atoms with Crippen LogP contribution in [0.1, 0.15) is 26.3 Å². The molecule has 0 bridgehead atoms. The van der Waals surface area contributed by atoms with Crippen molar-refractivity contribution < 1.29 is 9.85 Å². The van der Waals surface area contributed by atoms with Crippen molar-refractivity contribution in [2.45, 2.75) is 27.2 Å². The van der Waals surface area contributed by atoms with E-state index in [1.54, 1.807) is 25.7 Å². The molecule has 8 heteroatoms. The molecule has 0 aromatic heterocycles. The normalized spacial score (nSPS) is 10.3. The van der Waals surface area contributed by atoms with Crippen LogP contribution < -0.4 is 10.6 Å². The molecule has 0 aliphatic carbocycles. The highest BCUT2D eigenvalue weighted by Crippen LogP contribution is 2.43. The van der Waals surface area contributed by atoms with Crippen LogP contribution >= 0.6 is 0 Å². The van der Waals surface area contributed by atoms with Gasteiger partial charge in [0.05, 0.1) is 9.85 Å². The van der Waals surface area contributed by atoms with E-state index in [0.717, 1.165) is 0 Å². The van der Waals surface area contributed by atoms with Crippen molar-refractivity contribution in [3.63, 3.8) is 0 Å². The van der Waals surface area contributed by atoms with E-state index in [1.165, 1.54) is 6.07 Å². The molecule has 1 aromatic rings. The van der Waals surface area contributed by atoms with Gasteiger partial charge in [0.1, 0.15) is 5.69 Å². The minimum Gasteiger partial charge on any atom is -0.393 e. The van der Waals surface area contributed by atoms with Crippen LogP contribution in [0.4, 0.5) is 22.7 Å². The molecule has 0 unspecified atom stereocenters. The summed E-state index contributed by atoms with van der Waals surface area (Å²) in [4.78, 5) is 22.9. The number of anilines is 2. The van der Waals surface area contributed by atoms with Gasteiger partial charge in [-0.25, -0.2) is 0 Å². The summed E-state index contributed by atoms with van der Waals surface area (Å²) in [7, 11) is 0.